The number of benzene rings is 1. The van der Waals surface area contributed by atoms with Gasteiger partial charge in [-0.3, -0.25) is 9.59 Å². The molecule has 21 heavy (non-hydrogen) atoms. The summed E-state index contributed by atoms with van der Waals surface area (Å²) in [6.45, 7) is 0.766. The van der Waals surface area contributed by atoms with Gasteiger partial charge in [0.15, 0.2) is 0 Å². The van der Waals surface area contributed by atoms with Gasteiger partial charge in [0.2, 0.25) is 5.91 Å². The van der Waals surface area contributed by atoms with Crippen LogP contribution in [0.25, 0.3) is 0 Å². The molecule has 2 aliphatic rings. The Morgan fingerprint density at radius 3 is 2.81 bits per heavy atom. The van der Waals surface area contributed by atoms with Gasteiger partial charge in [0.1, 0.15) is 0 Å². The maximum absolute atomic E-state index is 12.6. The fraction of sp³-hybridized carbons (Fsp3) is 0.500. The molecule has 5 heteroatoms. The van der Waals surface area contributed by atoms with Gasteiger partial charge in [-0.25, -0.2) is 0 Å². The standard InChI is InChI=1S/C16H20N2O3/c19-15(18-14-7-3-5-12(14)16(20)21)11-8-9-17-13-6-2-1-4-10(11)13/h1-2,4,6,11-12,14,17H,3,5,7-9H2,(H,18,19)(H,20,21). The van der Waals surface area contributed by atoms with Crippen LogP contribution in [-0.2, 0) is 9.59 Å². The summed E-state index contributed by atoms with van der Waals surface area (Å²) >= 11 is 0. The van der Waals surface area contributed by atoms with Crippen LogP contribution in [0.15, 0.2) is 24.3 Å². The summed E-state index contributed by atoms with van der Waals surface area (Å²) in [4.78, 5) is 23.8. The Kier molecular flexibility index (Phi) is 3.82. The second-order valence-corrected chi connectivity index (χ2v) is 5.85. The lowest BCUT2D eigenvalue weighted by atomic mass is 9.89. The number of amides is 1. The van der Waals surface area contributed by atoms with Gasteiger partial charge < -0.3 is 15.7 Å². The van der Waals surface area contributed by atoms with Gasteiger partial charge >= 0.3 is 5.97 Å². The van der Waals surface area contributed by atoms with E-state index in [1.807, 2.05) is 24.3 Å². The van der Waals surface area contributed by atoms with Crippen LogP contribution < -0.4 is 10.6 Å². The number of hydrogen-bond donors (Lipinski definition) is 3. The van der Waals surface area contributed by atoms with Crippen molar-refractivity contribution in [1.82, 2.24) is 5.32 Å². The normalized spacial score (nSPS) is 27.5. The van der Waals surface area contributed by atoms with E-state index in [2.05, 4.69) is 10.6 Å². The van der Waals surface area contributed by atoms with Crippen molar-refractivity contribution in [3.05, 3.63) is 29.8 Å². The number of hydrogen-bond acceptors (Lipinski definition) is 3. The zero-order valence-electron chi connectivity index (χ0n) is 11.8. The van der Waals surface area contributed by atoms with Crippen LogP contribution >= 0.6 is 0 Å². The van der Waals surface area contributed by atoms with Crippen molar-refractivity contribution >= 4 is 17.6 Å². The fourth-order valence-electron chi connectivity index (χ4n) is 3.45. The van der Waals surface area contributed by atoms with E-state index in [1.54, 1.807) is 0 Å². The molecular formula is C16H20N2O3. The monoisotopic (exact) mass is 288 g/mol. The van der Waals surface area contributed by atoms with Crippen molar-refractivity contribution in [3.8, 4) is 0 Å². The van der Waals surface area contributed by atoms with Crippen molar-refractivity contribution in [3.63, 3.8) is 0 Å². The van der Waals surface area contributed by atoms with Crippen molar-refractivity contribution in [2.24, 2.45) is 5.92 Å². The van der Waals surface area contributed by atoms with Crippen molar-refractivity contribution < 1.29 is 14.7 Å². The number of aliphatic carboxylic acids is 1. The van der Waals surface area contributed by atoms with E-state index >= 15 is 0 Å². The molecule has 0 saturated heterocycles. The number of nitrogens with one attached hydrogen (secondary N) is 2. The van der Waals surface area contributed by atoms with Gasteiger partial charge in [0.25, 0.3) is 0 Å². The highest BCUT2D eigenvalue weighted by molar-refractivity contribution is 5.87. The third-order valence-electron chi connectivity index (χ3n) is 4.56. The number of carbonyl (C=O) groups is 2. The molecule has 1 aliphatic heterocycles. The van der Waals surface area contributed by atoms with Crippen LogP contribution in [0.3, 0.4) is 0 Å². The fourth-order valence-corrected chi connectivity index (χ4v) is 3.45. The molecule has 1 amide bonds. The Bertz CT molecular complexity index is 558. The van der Waals surface area contributed by atoms with E-state index in [9.17, 15) is 14.7 Å². The first-order valence-electron chi connectivity index (χ1n) is 7.53. The van der Waals surface area contributed by atoms with E-state index in [1.165, 1.54) is 0 Å². The highest BCUT2D eigenvalue weighted by atomic mass is 16.4. The van der Waals surface area contributed by atoms with Gasteiger partial charge in [0.05, 0.1) is 11.8 Å². The zero-order valence-corrected chi connectivity index (χ0v) is 11.8. The van der Waals surface area contributed by atoms with Crippen LogP contribution in [0.1, 0.15) is 37.2 Å². The molecule has 0 radical (unpaired) electrons. The minimum absolute atomic E-state index is 0.0397. The Morgan fingerprint density at radius 2 is 2.00 bits per heavy atom. The molecule has 3 rings (SSSR count). The minimum atomic E-state index is -0.802. The van der Waals surface area contributed by atoms with Gasteiger partial charge in [-0.15, -0.1) is 0 Å². The molecule has 1 aromatic rings. The summed E-state index contributed by atoms with van der Waals surface area (Å²) in [6, 6.07) is 7.60. The van der Waals surface area contributed by atoms with Gasteiger partial charge in [-0.05, 0) is 30.9 Å². The summed E-state index contributed by atoms with van der Waals surface area (Å²) < 4.78 is 0. The second kappa shape index (κ2) is 5.76. The van der Waals surface area contributed by atoms with Gasteiger partial charge in [0, 0.05) is 18.3 Å². The zero-order chi connectivity index (χ0) is 14.8. The first-order valence-corrected chi connectivity index (χ1v) is 7.53. The molecule has 0 spiro atoms. The average molecular weight is 288 g/mol. The Hall–Kier alpha value is -2.04. The second-order valence-electron chi connectivity index (χ2n) is 5.85. The predicted molar refractivity (Wildman–Crippen MR) is 79.2 cm³/mol. The molecule has 3 atom stereocenters. The highest BCUT2D eigenvalue weighted by Crippen LogP contribution is 2.32. The van der Waals surface area contributed by atoms with Gasteiger partial charge in [-0.2, -0.15) is 0 Å². The summed E-state index contributed by atoms with van der Waals surface area (Å²) in [7, 11) is 0. The molecule has 3 unspecified atom stereocenters. The third kappa shape index (κ3) is 2.73. The first kappa shape index (κ1) is 13.9. The van der Waals surface area contributed by atoms with Crippen molar-refractivity contribution in [2.45, 2.75) is 37.6 Å². The highest BCUT2D eigenvalue weighted by Gasteiger charge is 2.36. The number of anilines is 1. The van der Waals surface area contributed by atoms with Crippen LogP contribution in [0, 0.1) is 5.92 Å². The van der Waals surface area contributed by atoms with E-state index < -0.39 is 11.9 Å². The maximum Gasteiger partial charge on any atom is 0.308 e. The van der Waals surface area contributed by atoms with Crippen molar-refractivity contribution in [2.75, 3.05) is 11.9 Å². The maximum atomic E-state index is 12.6. The number of para-hydroxylation sites is 1. The molecule has 1 saturated carbocycles. The van der Waals surface area contributed by atoms with Gasteiger partial charge in [-0.1, -0.05) is 24.6 Å². The lowest BCUT2D eigenvalue weighted by Gasteiger charge is -2.28. The average Bonchev–Trinajstić information content (AvgIpc) is 2.95. The number of carbonyl (C=O) groups excluding carboxylic acids is 1. The first-order chi connectivity index (χ1) is 10.2. The van der Waals surface area contributed by atoms with E-state index in [-0.39, 0.29) is 17.9 Å². The Morgan fingerprint density at radius 1 is 1.19 bits per heavy atom. The van der Waals surface area contributed by atoms with E-state index in [0.717, 1.165) is 37.1 Å². The number of rotatable bonds is 3. The largest absolute Gasteiger partial charge is 0.481 e. The summed E-state index contributed by atoms with van der Waals surface area (Å²) in [5, 5.41) is 15.5. The third-order valence-corrected chi connectivity index (χ3v) is 4.56. The molecule has 0 bridgehead atoms. The van der Waals surface area contributed by atoms with E-state index in [0.29, 0.717) is 6.42 Å². The van der Waals surface area contributed by atoms with Crippen molar-refractivity contribution in [1.29, 1.82) is 0 Å². The van der Waals surface area contributed by atoms with Crippen LogP contribution in [0.2, 0.25) is 0 Å². The lowest BCUT2D eigenvalue weighted by molar-refractivity contribution is -0.142. The lowest BCUT2D eigenvalue weighted by Crippen LogP contribution is -2.43. The number of fused-ring (bicyclic) bond motifs is 1. The summed E-state index contributed by atoms with van der Waals surface area (Å²) in [5.74, 6) is -1.46. The molecular weight excluding hydrogens is 268 g/mol. The number of carboxylic acid groups (broad SMARTS) is 1. The molecule has 112 valence electrons. The molecule has 5 nitrogen and oxygen atoms in total. The molecule has 1 aromatic carbocycles. The topological polar surface area (TPSA) is 78.4 Å². The quantitative estimate of drug-likeness (QED) is 0.794. The molecule has 0 aromatic heterocycles. The van der Waals surface area contributed by atoms with Crippen LogP contribution in [0.4, 0.5) is 5.69 Å². The van der Waals surface area contributed by atoms with Crippen LogP contribution in [-0.4, -0.2) is 29.6 Å². The molecule has 1 heterocycles. The Balaban J connectivity index is 1.73. The van der Waals surface area contributed by atoms with E-state index in [4.69, 9.17) is 0 Å². The molecule has 3 N–H and O–H groups in total. The van der Waals surface area contributed by atoms with Crippen LogP contribution in [0.5, 0.6) is 0 Å². The number of carboxylic acids is 1. The summed E-state index contributed by atoms with van der Waals surface area (Å²) in [5.41, 5.74) is 2.01. The SMILES string of the molecule is O=C(NC1CCCC1C(=O)O)C1CCNc2ccccc21. The predicted octanol–water partition coefficient (Wildman–Crippen LogP) is 1.96. The Labute approximate surface area is 123 Å². The molecule has 1 aliphatic carbocycles. The minimum Gasteiger partial charge on any atom is -0.481 e. The molecule has 1 fully saturated rings. The smallest absolute Gasteiger partial charge is 0.308 e. The summed E-state index contributed by atoms with van der Waals surface area (Å²) in [6.07, 6.45) is 3.02.